The minimum Gasteiger partial charge on any atom is -0.372 e. The van der Waals surface area contributed by atoms with E-state index in [1.807, 2.05) is 30.3 Å². The maximum Gasteiger partial charge on any atom is 0.293 e. The predicted octanol–water partition coefficient (Wildman–Crippen LogP) is 3.90. The molecule has 0 unspecified atom stereocenters. The molecule has 1 amide bonds. The van der Waals surface area contributed by atoms with Gasteiger partial charge >= 0.3 is 0 Å². The fourth-order valence-electron chi connectivity index (χ4n) is 2.87. The third-order valence-corrected chi connectivity index (χ3v) is 4.26. The van der Waals surface area contributed by atoms with Gasteiger partial charge in [-0.3, -0.25) is 19.8 Å². The summed E-state index contributed by atoms with van der Waals surface area (Å²) in [6.45, 7) is 0.305. The van der Waals surface area contributed by atoms with Gasteiger partial charge in [-0.05, 0) is 29.8 Å². The predicted molar refractivity (Wildman–Crippen MR) is 109 cm³/mol. The zero-order valence-electron chi connectivity index (χ0n) is 15.6. The SMILES string of the molecule is CN(C)c1ccc(C(=O)N(Cc2ccccc2)c2ccccn2)cc1[N+](=O)[O-]. The number of pyridine rings is 1. The Morgan fingerprint density at radius 2 is 1.75 bits per heavy atom. The van der Waals surface area contributed by atoms with E-state index < -0.39 is 4.92 Å². The Balaban J connectivity index is 2.02. The number of nitro groups is 1. The highest BCUT2D eigenvalue weighted by Crippen LogP contribution is 2.29. The van der Waals surface area contributed by atoms with Crippen LogP contribution in [0, 0.1) is 10.1 Å². The normalized spacial score (nSPS) is 10.4. The summed E-state index contributed by atoms with van der Waals surface area (Å²) in [6.07, 6.45) is 1.61. The molecule has 142 valence electrons. The first-order valence-electron chi connectivity index (χ1n) is 8.70. The quantitative estimate of drug-likeness (QED) is 0.481. The molecule has 0 saturated carbocycles. The van der Waals surface area contributed by atoms with Crippen molar-refractivity contribution in [1.29, 1.82) is 0 Å². The number of carbonyl (C=O) groups excluding carboxylic acids is 1. The Kier molecular flexibility index (Phi) is 5.64. The van der Waals surface area contributed by atoms with Gasteiger partial charge in [-0.2, -0.15) is 0 Å². The molecule has 0 bridgehead atoms. The van der Waals surface area contributed by atoms with Crippen molar-refractivity contribution in [2.45, 2.75) is 6.54 Å². The third-order valence-electron chi connectivity index (χ3n) is 4.26. The Morgan fingerprint density at radius 1 is 1.04 bits per heavy atom. The molecule has 0 fully saturated rings. The number of nitro benzene ring substituents is 1. The second-order valence-electron chi connectivity index (χ2n) is 6.42. The summed E-state index contributed by atoms with van der Waals surface area (Å²) in [5.74, 6) is 0.131. The summed E-state index contributed by atoms with van der Waals surface area (Å²) < 4.78 is 0. The van der Waals surface area contributed by atoms with Crippen molar-refractivity contribution in [3.8, 4) is 0 Å². The van der Waals surface area contributed by atoms with Gasteiger partial charge in [-0.25, -0.2) is 4.98 Å². The Morgan fingerprint density at radius 3 is 2.36 bits per heavy atom. The van der Waals surface area contributed by atoms with E-state index in [1.54, 1.807) is 55.5 Å². The van der Waals surface area contributed by atoms with Gasteiger partial charge in [0.05, 0.1) is 11.5 Å². The molecule has 1 heterocycles. The lowest BCUT2D eigenvalue weighted by atomic mass is 10.1. The largest absolute Gasteiger partial charge is 0.372 e. The fourth-order valence-corrected chi connectivity index (χ4v) is 2.87. The zero-order chi connectivity index (χ0) is 20.1. The fraction of sp³-hybridized carbons (Fsp3) is 0.143. The van der Waals surface area contributed by atoms with Gasteiger partial charge in [0.25, 0.3) is 11.6 Å². The van der Waals surface area contributed by atoms with Crippen molar-refractivity contribution in [2.24, 2.45) is 0 Å². The minimum atomic E-state index is -0.478. The Hall–Kier alpha value is -3.74. The van der Waals surface area contributed by atoms with Crippen LogP contribution in [-0.2, 0) is 6.54 Å². The summed E-state index contributed by atoms with van der Waals surface area (Å²) in [6, 6.07) is 19.3. The van der Waals surface area contributed by atoms with Crippen LogP contribution in [0.15, 0.2) is 72.9 Å². The summed E-state index contributed by atoms with van der Waals surface area (Å²) in [5.41, 5.74) is 1.49. The topological polar surface area (TPSA) is 79.6 Å². The molecule has 3 rings (SSSR count). The van der Waals surface area contributed by atoms with E-state index >= 15 is 0 Å². The van der Waals surface area contributed by atoms with Crippen LogP contribution < -0.4 is 9.80 Å². The second-order valence-corrected chi connectivity index (χ2v) is 6.42. The lowest BCUT2D eigenvalue weighted by molar-refractivity contribution is -0.384. The van der Waals surface area contributed by atoms with Crippen LogP contribution in [0.2, 0.25) is 0 Å². The molecule has 0 atom stereocenters. The monoisotopic (exact) mass is 376 g/mol. The summed E-state index contributed by atoms with van der Waals surface area (Å²) in [4.78, 5) is 31.7. The van der Waals surface area contributed by atoms with E-state index in [0.717, 1.165) is 5.56 Å². The van der Waals surface area contributed by atoms with Crippen LogP contribution in [0.1, 0.15) is 15.9 Å². The molecule has 7 nitrogen and oxygen atoms in total. The van der Waals surface area contributed by atoms with Crippen LogP contribution in [0.4, 0.5) is 17.2 Å². The van der Waals surface area contributed by atoms with Crippen molar-refractivity contribution in [3.05, 3.63) is 94.2 Å². The number of nitrogens with zero attached hydrogens (tertiary/aromatic N) is 4. The molecule has 0 aliphatic heterocycles. The molecule has 1 aromatic heterocycles. The van der Waals surface area contributed by atoms with Crippen molar-refractivity contribution in [1.82, 2.24) is 4.98 Å². The average molecular weight is 376 g/mol. The van der Waals surface area contributed by atoms with Crippen LogP contribution in [0.25, 0.3) is 0 Å². The number of aromatic nitrogens is 1. The van der Waals surface area contributed by atoms with Crippen LogP contribution in [0.5, 0.6) is 0 Å². The maximum absolute atomic E-state index is 13.3. The number of benzene rings is 2. The van der Waals surface area contributed by atoms with Gasteiger partial charge in [0.15, 0.2) is 0 Å². The van der Waals surface area contributed by atoms with Crippen LogP contribution in [-0.4, -0.2) is 29.9 Å². The van der Waals surface area contributed by atoms with Gasteiger partial charge in [0.1, 0.15) is 11.5 Å². The standard InChI is InChI=1S/C21H20N4O3/c1-23(2)18-12-11-17(14-19(18)25(27)28)21(26)24(20-10-6-7-13-22-20)15-16-8-4-3-5-9-16/h3-14H,15H2,1-2H3. The molecule has 0 spiro atoms. The zero-order valence-corrected chi connectivity index (χ0v) is 15.6. The number of amides is 1. The van der Waals surface area contributed by atoms with Crippen LogP contribution in [0.3, 0.4) is 0 Å². The van der Waals surface area contributed by atoms with Crippen molar-refractivity contribution in [2.75, 3.05) is 23.9 Å². The average Bonchev–Trinajstić information content (AvgIpc) is 2.72. The van der Waals surface area contributed by atoms with E-state index in [9.17, 15) is 14.9 Å². The molecule has 28 heavy (non-hydrogen) atoms. The molecule has 0 radical (unpaired) electrons. The highest BCUT2D eigenvalue weighted by molar-refractivity contribution is 6.06. The number of carbonyl (C=O) groups is 1. The first kappa shape index (κ1) is 19.0. The molecule has 7 heteroatoms. The second kappa shape index (κ2) is 8.30. The van der Waals surface area contributed by atoms with Crippen molar-refractivity contribution in [3.63, 3.8) is 0 Å². The Labute approximate surface area is 163 Å². The highest BCUT2D eigenvalue weighted by Gasteiger charge is 2.23. The van der Waals surface area contributed by atoms with Gasteiger partial charge in [0, 0.05) is 31.9 Å². The third kappa shape index (κ3) is 4.15. The van der Waals surface area contributed by atoms with Gasteiger partial charge in [0.2, 0.25) is 0 Å². The van der Waals surface area contributed by atoms with Gasteiger partial charge in [-0.15, -0.1) is 0 Å². The van der Waals surface area contributed by atoms with E-state index in [1.165, 1.54) is 11.0 Å². The summed E-state index contributed by atoms with van der Waals surface area (Å²) in [5, 5.41) is 11.5. The minimum absolute atomic E-state index is 0.114. The molecule has 0 N–H and O–H groups in total. The molecule has 0 aliphatic rings. The number of hydrogen-bond acceptors (Lipinski definition) is 5. The number of hydrogen-bond donors (Lipinski definition) is 0. The van der Waals surface area contributed by atoms with Gasteiger partial charge in [-0.1, -0.05) is 36.4 Å². The van der Waals surface area contributed by atoms with Crippen molar-refractivity contribution >= 4 is 23.1 Å². The molecule has 3 aromatic rings. The molecule has 0 aliphatic carbocycles. The summed E-state index contributed by atoms with van der Waals surface area (Å²) >= 11 is 0. The molecular weight excluding hydrogens is 356 g/mol. The molecule has 0 saturated heterocycles. The van der Waals surface area contributed by atoms with E-state index in [4.69, 9.17) is 0 Å². The van der Waals surface area contributed by atoms with Crippen molar-refractivity contribution < 1.29 is 9.72 Å². The van der Waals surface area contributed by atoms with E-state index in [-0.39, 0.29) is 17.2 Å². The smallest absolute Gasteiger partial charge is 0.293 e. The maximum atomic E-state index is 13.3. The molecular formula is C21H20N4O3. The van der Waals surface area contributed by atoms with Crippen LogP contribution >= 0.6 is 0 Å². The lowest BCUT2D eigenvalue weighted by Crippen LogP contribution is -2.31. The van der Waals surface area contributed by atoms with Gasteiger partial charge < -0.3 is 4.90 Å². The first-order chi connectivity index (χ1) is 13.5. The lowest BCUT2D eigenvalue weighted by Gasteiger charge is -2.22. The molecule has 2 aromatic carbocycles. The number of rotatable bonds is 6. The Bertz CT molecular complexity index is 975. The van der Waals surface area contributed by atoms with E-state index in [2.05, 4.69) is 4.98 Å². The number of anilines is 2. The summed E-state index contributed by atoms with van der Waals surface area (Å²) in [7, 11) is 3.44. The highest BCUT2D eigenvalue weighted by atomic mass is 16.6. The van der Waals surface area contributed by atoms with E-state index in [0.29, 0.717) is 18.1 Å². The first-order valence-corrected chi connectivity index (χ1v) is 8.70.